The largest absolute Gasteiger partial charge is 0.379 e. The van der Waals surface area contributed by atoms with Crippen molar-refractivity contribution in [2.45, 2.75) is 45.1 Å². The molecule has 3 heteroatoms. The fraction of sp³-hybridized carbons (Fsp3) is 0.562. The number of ether oxygens (including phenoxy) is 1. The molecule has 1 fully saturated rings. The third-order valence-electron chi connectivity index (χ3n) is 3.93. The van der Waals surface area contributed by atoms with Crippen molar-refractivity contribution in [2.24, 2.45) is 0 Å². The maximum absolute atomic E-state index is 5.63. The number of pyridine rings is 1. The molecule has 2 aromatic heterocycles. The molecule has 3 rings (SSSR count). The molecule has 102 valence electrons. The Kier molecular flexibility index (Phi) is 3.09. The van der Waals surface area contributed by atoms with Crippen molar-refractivity contribution in [1.29, 1.82) is 0 Å². The van der Waals surface area contributed by atoms with Crippen molar-refractivity contribution in [3.8, 4) is 0 Å². The van der Waals surface area contributed by atoms with Crippen LogP contribution in [0.1, 0.15) is 45.2 Å². The van der Waals surface area contributed by atoms with Crippen LogP contribution in [0.15, 0.2) is 24.5 Å². The molecule has 3 nitrogen and oxygen atoms in total. The molecule has 1 aliphatic rings. The van der Waals surface area contributed by atoms with Crippen molar-refractivity contribution in [3.05, 3.63) is 30.1 Å². The van der Waals surface area contributed by atoms with Gasteiger partial charge >= 0.3 is 0 Å². The van der Waals surface area contributed by atoms with Gasteiger partial charge in [0.2, 0.25) is 0 Å². The van der Waals surface area contributed by atoms with Gasteiger partial charge in [0, 0.05) is 24.4 Å². The van der Waals surface area contributed by atoms with E-state index in [1.807, 2.05) is 12.3 Å². The van der Waals surface area contributed by atoms with E-state index >= 15 is 0 Å². The van der Waals surface area contributed by atoms with E-state index in [0.717, 1.165) is 25.3 Å². The maximum Gasteiger partial charge on any atom is 0.140 e. The first-order valence-corrected chi connectivity index (χ1v) is 7.11. The summed E-state index contributed by atoms with van der Waals surface area (Å²) < 4.78 is 7.96. The Morgan fingerprint density at radius 2 is 2.21 bits per heavy atom. The van der Waals surface area contributed by atoms with E-state index in [1.54, 1.807) is 0 Å². The quantitative estimate of drug-likeness (QED) is 0.780. The van der Waals surface area contributed by atoms with E-state index in [1.165, 1.54) is 17.4 Å². The number of aromatic nitrogens is 2. The summed E-state index contributed by atoms with van der Waals surface area (Å²) in [7, 11) is 0. The third-order valence-corrected chi connectivity index (χ3v) is 3.93. The van der Waals surface area contributed by atoms with Crippen molar-refractivity contribution < 1.29 is 4.74 Å². The van der Waals surface area contributed by atoms with Gasteiger partial charge in [-0.05, 0) is 36.0 Å². The molecule has 1 saturated heterocycles. The van der Waals surface area contributed by atoms with Gasteiger partial charge in [0.25, 0.3) is 0 Å². The molecular weight excluding hydrogens is 236 g/mol. The Morgan fingerprint density at radius 1 is 1.37 bits per heavy atom. The lowest BCUT2D eigenvalue weighted by Crippen LogP contribution is -2.21. The highest BCUT2D eigenvalue weighted by Crippen LogP contribution is 2.33. The van der Waals surface area contributed by atoms with Gasteiger partial charge in [0.15, 0.2) is 0 Å². The minimum atomic E-state index is 0.141. The predicted octanol–water partition coefficient (Wildman–Crippen LogP) is 3.69. The summed E-state index contributed by atoms with van der Waals surface area (Å²) in [6, 6.07) is 4.64. The fourth-order valence-corrected chi connectivity index (χ4v) is 2.90. The van der Waals surface area contributed by atoms with Crippen molar-refractivity contribution in [2.75, 3.05) is 13.2 Å². The number of rotatable bonds is 1. The van der Waals surface area contributed by atoms with Crippen molar-refractivity contribution in [1.82, 2.24) is 9.55 Å². The lowest BCUT2D eigenvalue weighted by molar-refractivity contribution is 0.0604. The fourth-order valence-electron chi connectivity index (χ4n) is 2.90. The summed E-state index contributed by atoms with van der Waals surface area (Å²) in [4.78, 5) is 4.60. The first-order valence-electron chi connectivity index (χ1n) is 7.11. The van der Waals surface area contributed by atoms with E-state index < -0.39 is 0 Å². The lowest BCUT2D eigenvalue weighted by Gasteiger charge is -2.24. The zero-order valence-corrected chi connectivity index (χ0v) is 12.0. The Balaban J connectivity index is 2.14. The van der Waals surface area contributed by atoms with Gasteiger partial charge in [0.1, 0.15) is 5.65 Å². The molecular formula is C16H22N2O. The summed E-state index contributed by atoms with van der Waals surface area (Å²) in [6.45, 7) is 8.49. The average Bonchev–Trinajstić information content (AvgIpc) is 2.79. The Hall–Kier alpha value is -1.35. The Morgan fingerprint density at radius 3 is 2.89 bits per heavy atom. The molecule has 3 heterocycles. The minimum Gasteiger partial charge on any atom is -0.379 e. The summed E-state index contributed by atoms with van der Waals surface area (Å²) in [5, 5.41) is 1.28. The second-order valence-electron chi connectivity index (χ2n) is 6.45. The zero-order valence-electron chi connectivity index (χ0n) is 12.0. The van der Waals surface area contributed by atoms with Crippen LogP contribution in [0.4, 0.5) is 0 Å². The van der Waals surface area contributed by atoms with Gasteiger partial charge in [0.05, 0.1) is 12.6 Å². The van der Waals surface area contributed by atoms with Crippen LogP contribution in [0.25, 0.3) is 11.0 Å². The van der Waals surface area contributed by atoms with E-state index in [4.69, 9.17) is 4.74 Å². The average molecular weight is 258 g/mol. The van der Waals surface area contributed by atoms with Crippen LogP contribution < -0.4 is 0 Å². The molecule has 1 atom stereocenters. The molecule has 0 spiro atoms. The highest BCUT2D eigenvalue weighted by atomic mass is 16.5. The van der Waals surface area contributed by atoms with Crippen LogP contribution in [-0.2, 0) is 10.2 Å². The number of nitrogens with zero attached hydrogens (tertiary/aromatic N) is 2. The first-order chi connectivity index (χ1) is 9.07. The molecule has 1 aliphatic heterocycles. The number of fused-ring (bicyclic) bond motifs is 1. The molecule has 0 saturated carbocycles. The Labute approximate surface area is 114 Å². The zero-order chi connectivity index (χ0) is 13.5. The molecule has 0 aromatic carbocycles. The SMILES string of the molecule is CC(C)(C)c1cn([C@H]2CCCOC2)c2ncccc12. The predicted molar refractivity (Wildman–Crippen MR) is 77.5 cm³/mol. The van der Waals surface area contributed by atoms with Crippen LogP contribution in [0.3, 0.4) is 0 Å². The summed E-state index contributed by atoms with van der Waals surface area (Å²) in [5.74, 6) is 0. The normalized spacial score (nSPS) is 20.9. The van der Waals surface area contributed by atoms with Crippen LogP contribution in [0, 0.1) is 0 Å². The standard InChI is InChI=1S/C16H22N2O/c1-16(2,3)14-10-18(12-6-5-9-19-11-12)15-13(14)7-4-8-17-15/h4,7-8,10,12H,5-6,9,11H2,1-3H3/t12-/m0/s1. The topological polar surface area (TPSA) is 27.1 Å². The Bertz CT molecular complexity index is 574. The van der Waals surface area contributed by atoms with Gasteiger partial charge in [-0.2, -0.15) is 0 Å². The first kappa shape index (κ1) is 12.7. The van der Waals surface area contributed by atoms with Crippen LogP contribution in [-0.4, -0.2) is 22.8 Å². The minimum absolute atomic E-state index is 0.141. The summed E-state index contributed by atoms with van der Waals surface area (Å²) in [5.41, 5.74) is 2.62. The molecule has 19 heavy (non-hydrogen) atoms. The second-order valence-corrected chi connectivity index (χ2v) is 6.45. The van der Waals surface area contributed by atoms with Crippen LogP contribution >= 0.6 is 0 Å². The van der Waals surface area contributed by atoms with Gasteiger partial charge in [-0.1, -0.05) is 20.8 Å². The van der Waals surface area contributed by atoms with E-state index in [9.17, 15) is 0 Å². The molecule has 0 unspecified atom stereocenters. The van der Waals surface area contributed by atoms with Crippen LogP contribution in [0.5, 0.6) is 0 Å². The van der Waals surface area contributed by atoms with Crippen molar-refractivity contribution >= 4 is 11.0 Å². The molecule has 0 amide bonds. The van der Waals surface area contributed by atoms with E-state index in [0.29, 0.717) is 6.04 Å². The second kappa shape index (κ2) is 4.64. The van der Waals surface area contributed by atoms with E-state index in [2.05, 4.69) is 42.6 Å². The highest BCUT2D eigenvalue weighted by Gasteiger charge is 2.24. The van der Waals surface area contributed by atoms with Gasteiger partial charge in [-0.15, -0.1) is 0 Å². The monoisotopic (exact) mass is 258 g/mol. The number of hydrogen-bond acceptors (Lipinski definition) is 2. The smallest absolute Gasteiger partial charge is 0.140 e. The number of hydrogen-bond donors (Lipinski definition) is 0. The molecule has 0 aliphatic carbocycles. The molecule has 0 bridgehead atoms. The van der Waals surface area contributed by atoms with Gasteiger partial charge in [-0.25, -0.2) is 4.98 Å². The van der Waals surface area contributed by atoms with Gasteiger partial charge < -0.3 is 9.30 Å². The highest BCUT2D eigenvalue weighted by molar-refractivity contribution is 5.81. The lowest BCUT2D eigenvalue weighted by atomic mass is 9.87. The summed E-state index contributed by atoms with van der Waals surface area (Å²) >= 11 is 0. The van der Waals surface area contributed by atoms with Crippen molar-refractivity contribution in [3.63, 3.8) is 0 Å². The third kappa shape index (κ3) is 2.27. The van der Waals surface area contributed by atoms with E-state index in [-0.39, 0.29) is 5.41 Å². The maximum atomic E-state index is 5.63. The summed E-state index contributed by atoms with van der Waals surface area (Å²) in [6.07, 6.45) is 6.50. The molecule has 0 radical (unpaired) electrons. The van der Waals surface area contributed by atoms with Gasteiger partial charge in [-0.3, -0.25) is 0 Å². The molecule has 2 aromatic rings. The molecule has 0 N–H and O–H groups in total. The van der Waals surface area contributed by atoms with Crippen LogP contribution in [0.2, 0.25) is 0 Å².